The highest BCUT2D eigenvalue weighted by molar-refractivity contribution is 5.89. The largest absolute Gasteiger partial charge is 0.481 e. The van der Waals surface area contributed by atoms with Gasteiger partial charge in [-0.2, -0.15) is 0 Å². The Morgan fingerprint density at radius 2 is 2.04 bits per heavy atom. The van der Waals surface area contributed by atoms with E-state index in [1.54, 1.807) is 0 Å². The molecule has 1 aliphatic rings. The lowest BCUT2D eigenvalue weighted by Crippen LogP contribution is -2.43. The molecule has 2 aromatic rings. The number of carboxylic acid groups (broad SMARTS) is 1. The molecule has 1 aliphatic heterocycles. The number of aliphatic carboxylic acids is 1. The lowest BCUT2D eigenvalue weighted by molar-refractivity contribution is -0.136. The predicted molar refractivity (Wildman–Crippen MR) is 94.8 cm³/mol. The Kier molecular flexibility index (Phi) is 4.45. The number of carbonyl (C=O) groups is 2. The Hall–Kier alpha value is -2.50. The highest BCUT2D eigenvalue weighted by Crippen LogP contribution is 2.31. The maximum atomic E-state index is 12.0. The van der Waals surface area contributed by atoms with Gasteiger partial charge in [-0.05, 0) is 45.2 Å². The SMILES string of the molecule is CC(C)(C)OC(=O)N[C@@H]1CCc2c(CC(=O)O)c3ccccc3n2C1. The summed E-state index contributed by atoms with van der Waals surface area (Å²) in [6.07, 6.45) is 1.11. The van der Waals surface area contributed by atoms with Gasteiger partial charge >= 0.3 is 12.1 Å². The second-order valence-electron chi connectivity index (χ2n) is 7.51. The van der Waals surface area contributed by atoms with Gasteiger partial charge in [0, 0.05) is 23.1 Å². The lowest BCUT2D eigenvalue weighted by Gasteiger charge is -2.28. The van der Waals surface area contributed by atoms with E-state index in [9.17, 15) is 14.7 Å². The van der Waals surface area contributed by atoms with Gasteiger partial charge in [-0.1, -0.05) is 18.2 Å². The lowest BCUT2D eigenvalue weighted by atomic mass is 10.0. The van der Waals surface area contributed by atoms with Gasteiger partial charge in [-0.15, -0.1) is 0 Å². The number of alkyl carbamates (subject to hydrolysis) is 1. The van der Waals surface area contributed by atoms with Crippen molar-refractivity contribution in [3.8, 4) is 0 Å². The molecular formula is C19H24N2O4. The molecule has 2 N–H and O–H groups in total. The van der Waals surface area contributed by atoms with E-state index in [0.29, 0.717) is 6.54 Å². The monoisotopic (exact) mass is 344 g/mol. The molecule has 6 nitrogen and oxygen atoms in total. The van der Waals surface area contributed by atoms with Crippen molar-refractivity contribution >= 4 is 23.0 Å². The van der Waals surface area contributed by atoms with Gasteiger partial charge in [-0.3, -0.25) is 4.79 Å². The van der Waals surface area contributed by atoms with Gasteiger partial charge in [0.25, 0.3) is 0 Å². The van der Waals surface area contributed by atoms with Crippen LogP contribution in [0, 0.1) is 0 Å². The first-order valence-corrected chi connectivity index (χ1v) is 8.55. The van der Waals surface area contributed by atoms with Crippen LogP contribution in [0.2, 0.25) is 0 Å². The molecule has 6 heteroatoms. The van der Waals surface area contributed by atoms with Crippen LogP contribution in [0.1, 0.15) is 38.4 Å². The zero-order valence-electron chi connectivity index (χ0n) is 14.8. The van der Waals surface area contributed by atoms with E-state index in [1.165, 1.54) is 0 Å². The molecule has 2 heterocycles. The molecular weight excluding hydrogens is 320 g/mol. The van der Waals surface area contributed by atoms with E-state index in [-0.39, 0.29) is 12.5 Å². The van der Waals surface area contributed by atoms with Gasteiger partial charge < -0.3 is 19.7 Å². The third-order valence-electron chi connectivity index (χ3n) is 4.38. The maximum Gasteiger partial charge on any atom is 0.407 e. The van der Waals surface area contributed by atoms with Crippen LogP contribution in [-0.2, 0) is 28.9 Å². The summed E-state index contributed by atoms with van der Waals surface area (Å²) in [5.41, 5.74) is 2.44. The minimum absolute atomic E-state index is 0.0208. The van der Waals surface area contributed by atoms with E-state index < -0.39 is 17.7 Å². The molecule has 0 unspecified atom stereocenters. The van der Waals surface area contributed by atoms with Crippen LogP contribution in [0.4, 0.5) is 4.79 Å². The van der Waals surface area contributed by atoms with Crippen LogP contribution in [-0.4, -0.2) is 33.4 Å². The number of aromatic nitrogens is 1. The summed E-state index contributed by atoms with van der Waals surface area (Å²) in [5, 5.41) is 13.2. The second kappa shape index (κ2) is 6.43. The fraction of sp³-hybridized carbons (Fsp3) is 0.474. The average Bonchev–Trinajstić information content (AvgIpc) is 2.79. The summed E-state index contributed by atoms with van der Waals surface area (Å²) < 4.78 is 7.47. The molecule has 134 valence electrons. The Bertz CT molecular complexity index is 817. The molecule has 0 fully saturated rings. The summed E-state index contributed by atoms with van der Waals surface area (Å²) in [6, 6.07) is 7.81. The third-order valence-corrected chi connectivity index (χ3v) is 4.38. The quantitative estimate of drug-likeness (QED) is 0.896. The maximum absolute atomic E-state index is 12.0. The topological polar surface area (TPSA) is 80.6 Å². The number of hydrogen-bond acceptors (Lipinski definition) is 3. The minimum Gasteiger partial charge on any atom is -0.481 e. The molecule has 0 spiro atoms. The number of ether oxygens (including phenoxy) is 1. The Balaban J connectivity index is 1.86. The zero-order valence-corrected chi connectivity index (χ0v) is 14.8. The highest BCUT2D eigenvalue weighted by atomic mass is 16.6. The Morgan fingerprint density at radius 1 is 1.32 bits per heavy atom. The molecule has 1 aromatic heterocycles. The Morgan fingerprint density at radius 3 is 2.72 bits per heavy atom. The summed E-state index contributed by atoms with van der Waals surface area (Å²) >= 11 is 0. The zero-order chi connectivity index (χ0) is 18.2. The van der Waals surface area contributed by atoms with Crippen LogP contribution >= 0.6 is 0 Å². The highest BCUT2D eigenvalue weighted by Gasteiger charge is 2.27. The van der Waals surface area contributed by atoms with Crippen molar-refractivity contribution in [2.45, 2.75) is 58.2 Å². The van der Waals surface area contributed by atoms with E-state index >= 15 is 0 Å². The fourth-order valence-corrected chi connectivity index (χ4v) is 3.49. The number of rotatable bonds is 3. The molecule has 0 aliphatic carbocycles. The normalized spacial score (nSPS) is 17.2. The predicted octanol–water partition coefficient (Wildman–Crippen LogP) is 3.11. The van der Waals surface area contributed by atoms with Crippen molar-refractivity contribution in [1.29, 1.82) is 0 Å². The van der Waals surface area contributed by atoms with Crippen molar-refractivity contribution in [2.75, 3.05) is 0 Å². The molecule has 1 atom stereocenters. The third kappa shape index (κ3) is 3.78. The standard InChI is InChI=1S/C19H24N2O4/c1-19(2,3)25-18(24)20-12-8-9-16-14(10-17(22)23)13-6-4-5-7-15(13)21(16)11-12/h4-7,12H,8-11H2,1-3H3,(H,20,24)(H,22,23)/t12-/m1/s1. The molecule has 0 radical (unpaired) electrons. The van der Waals surface area contributed by atoms with Gasteiger partial charge in [0.15, 0.2) is 0 Å². The molecule has 0 saturated heterocycles. The van der Waals surface area contributed by atoms with Crippen LogP contribution in [0.3, 0.4) is 0 Å². The fourth-order valence-electron chi connectivity index (χ4n) is 3.49. The van der Waals surface area contributed by atoms with Crippen molar-refractivity contribution in [3.05, 3.63) is 35.5 Å². The number of amides is 1. The van der Waals surface area contributed by atoms with Crippen LogP contribution in [0.25, 0.3) is 10.9 Å². The molecule has 0 bridgehead atoms. The second-order valence-corrected chi connectivity index (χ2v) is 7.51. The van der Waals surface area contributed by atoms with Gasteiger partial charge in [0.05, 0.1) is 12.5 Å². The summed E-state index contributed by atoms with van der Waals surface area (Å²) in [7, 11) is 0. The van der Waals surface area contributed by atoms with Crippen molar-refractivity contribution < 1.29 is 19.4 Å². The number of nitrogens with one attached hydrogen (secondary N) is 1. The number of carboxylic acids is 1. The van der Waals surface area contributed by atoms with Crippen LogP contribution in [0.15, 0.2) is 24.3 Å². The first-order valence-electron chi connectivity index (χ1n) is 8.55. The Labute approximate surface area is 146 Å². The van der Waals surface area contributed by atoms with Crippen molar-refractivity contribution in [3.63, 3.8) is 0 Å². The van der Waals surface area contributed by atoms with E-state index in [4.69, 9.17) is 4.74 Å². The number of fused-ring (bicyclic) bond motifs is 3. The number of hydrogen-bond donors (Lipinski definition) is 2. The van der Waals surface area contributed by atoms with Gasteiger partial charge in [-0.25, -0.2) is 4.79 Å². The first-order chi connectivity index (χ1) is 11.7. The summed E-state index contributed by atoms with van der Waals surface area (Å²) in [4.78, 5) is 23.3. The van der Waals surface area contributed by atoms with Gasteiger partial charge in [0.1, 0.15) is 5.60 Å². The van der Waals surface area contributed by atoms with E-state index in [2.05, 4.69) is 9.88 Å². The first kappa shape index (κ1) is 17.3. The van der Waals surface area contributed by atoms with Crippen molar-refractivity contribution in [1.82, 2.24) is 9.88 Å². The summed E-state index contributed by atoms with van der Waals surface area (Å²) in [5.74, 6) is -0.826. The minimum atomic E-state index is -0.826. The molecule has 3 rings (SSSR count). The van der Waals surface area contributed by atoms with Crippen LogP contribution in [0.5, 0.6) is 0 Å². The number of carbonyl (C=O) groups excluding carboxylic acids is 1. The van der Waals surface area contributed by atoms with E-state index in [1.807, 2.05) is 45.0 Å². The average molecular weight is 344 g/mol. The molecule has 1 amide bonds. The summed E-state index contributed by atoms with van der Waals surface area (Å²) in [6.45, 7) is 6.13. The number of nitrogens with zero attached hydrogens (tertiary/aromatic N) is 1. The number of benzene rings is 1. The van der Waals surface area contributed by atoms with Crippen molar-refractivity contribution in [2.24, 2.45) is 0 Å². The smallest absolute Gasteiger partial charge is 0.407 e. The molecule has 25 heavy (non-hydrogen) atoms. The molecule has 0 saturated carbocycles. The molecule has 1 aromatic carbocycles. The van der Waals surface area contributed by atoms with Crippen LogP contribution < -0.4 is 5.32 Å². The van der Waals surface area contributed by atoms with E-state index in [0.717, 1.165) is 35.0 Å². The van der Waals surface area contributed by atoms with Gasteiger partial charge in [0.2, 0.25) is 0 Å². The number of para-hydroxylation sites is 1.